The first-order chi connectivity index (χ1) is 12.3. The molecule has 0 aliphatic carbocycles. The summed E-state index contributed by atoms with van der Waals surface area (Å²) in [4.78, 5) is 28.4. The van der Waals surface area contributed by atoms with E-state index in [1.165, 1.54) is 36.0 Å². The number of nitrogens with one attached hydrogen (secondary N) is 2. The van der Waals surface area contributed by atoms with Crippen LogP contribution in [-0.4, -0.2) is 27.1 Å². The fraction of sp³-hybridized carbons (Fsp3) is 0.389. The molecule has 2 rings (SSSR count). The van der Waals surface area contributed by atoms with Gasteiger partial charge in [-0.15, -0.1) is 0 Å². The number of halogens is 1. The molecule has 0 aliphatic rings. The second kappa shape index (κ2) is 8.84. The first kappa shape index (κ1) is 20.0. The highest BCUT2D eigenvalue weighted by molar-refractivity contribution is 7.99. The van der Waals surface area contributed by atoms with Gasteiger partial charge in [-0.3, -0.25) is 20.4 Å². The number of hydrogen-bond acceptors (Lipinski definition) is 4. The minimum Gasteiger partial charge on any atom is -0.323 e. The summed E-state index contributed by atoms with van der Waals surface area (Å²) in [7, 11) is 0. The normalized spacial score (nSPS) is 10.8. The lowest BCUT2D eigenvalue weighted by atomic mass is 10.2. The van der Waals surface area contributed by atoms with Crippen LogP contribution >= 0.6 is 11.8 Å². The lowest BCUT2D eigenvalue weighted by Gasteiger charge is -2.12. The zero-order valence-electron chi connectivity index (χ0n) is 15.3. The SMILES string of the molecule is Cc1nc(SCC(=O)NNC(=O)c2ccc(F)cc2)n(CC(C)C)c1C. The number of rotatable bonds is 6. The number of amides is 2. The third-order valence-corrected chi connectivity index (χ3v) is 4.70. The monoisotopic (exact) mass is 378 g/mol. The van der Waals surface area contributed by atoms with Crippen LogP contribution in [-0.2, 0) is 11.3 Å². The van der Waals surface area contributed by atoms with E-state index in [-0.39, 0.29) is 17.2 Å². The average Bonchev–Trinajstić information content (AvgIpc) is 2.85. The molecule has 0 aliphatic heterocycles. The number of hydrogen-bond donors (Lipinski definition) is 2. The first-order valence-corrected chi connectivity index (χ1v) is 9.27. The maximum absolute atomic E-state index is 12.9. The summed E-state index contributed by atoms with van der Waals surface area (Å²) >= 11 is 1.32. The molecule has 0 saturated heterocycles. The van der Waals surface area contributed by atoms with Crippen molar-refractivity contribution < 1.29 is 14.0 Å². The van der Waals surface area contributed by atoms with Gasteiger partial charge in [0.05, 0.1) is 11.4 Å². The Morgan fingerprint density at radius 2 is 1.85 bits per heavy atom. The summed E-state index contributed by atoms with van der Waals surface area (Å²) in [6.07, 6.45) is 0. The van der Waals surface area contributed by atoms with Gasteiger partial charge in [0.25, 0.3) is 5.91 Å². The quantitative estimate of drug-likeness (QED) is 0.599. The van der Waals surface area contributed by atoms with Crippen molar-refractivity contribution in [2.75, 3.05) is 5.75 Å². The molecule has 0 bridgehead atoms. The number of carbonyl (C=O) groups is 2. The van der Waals surface area contributed by atoms with E-state index in [1.54, 1.807) is 0 Å². The lowest BCUT2D eigenvalue weighted by Crippen LogP contribution is -2.42. The molecule has 0 radical (unpaired) electrons. The second-order valence-electron chi connectivity index (χ2n) is 6.37. The molecule has 0 unspecified atom stereocenters. The van der Waals surface area contributed by atoms with Gasteiger partial charge < -0.3 is 4.57 Å². The van der Waals surface area contributed by atoms with Crippen LogP contribution in [0.1, 0.15) is 35.6 Å². The molecule has 0 saturated carbocycles. The third kappa shape index (κ3) is 5.32. The molecule has 2 N–H and O–H groups in total. The summed E-state index contributed by atoms with van der Waals surface area (Å²) in [5, 5.41) is 0.786. The molecule has 1 aromatic heterocycles. The Kier molecular flexibility index (Phi) is 6.79. The van der Waals surface area contributed by atoms with Crippen molar-refractivity contribution in [3.05, 3.63) is 47.0 Å². The number of aryl methyl sites for hydroxylation is 1. The maximum atomic E-state index is 12.9. The largest absolute Gasteiger partial charge is 0.323 e. The third-order valence-electron chi connectivity index (χ3n) is 3.72. The number of imidazole rings is 1. The Balaban J connectivity index is 1.88. The summed E-state index contributed by atoms with van der Waals surface area (Å²) in [5.41, 5.74) is 6.97. The maximum Gasteiger partial charge on any atom is 0.269 e. The van der Waals surface area contributed by atoms with E-state index in [0.717, 1.165) is 23.1 Å². The molecular formula is C18H23FN4O2S. The zero-order valence-corrected chi connectivity index (χ0v) is 16.1. The van der Waals surface area contributed by atoms with Crippen LogP contribution in [0.25, 0.3) is 0 Å². The fourth-order valence-corrected chi connectivity index (χ4v) is 3.18. The molecule has 0 fully saturated rings. The van der Waals surface area contributed by atoms with Crippen molar-refractivity contribution in [1.82, 2.24) is 20.4 Å². The van der Waals surface area contributed by atoms with Crippen LogP contribution < -0.4 is 10.9 Å². The number of thioether (sulfide) groups is 1. The Labute approximate surface area is 156 Å². The van der Waals surface area contributed by atoms with Crippen LogP contribution in [0.5, 0.6) is 0 Å². The van der Waals surface area contributed by atoms with Crippen molar-refractivity contribution in [2.24, 2.45) is 5.92 Å². The number of benzene rings is 1. The lowest BCUT2D eigenvalue weighted by molar-refractivity contribution is -0.119. The molecule has 1 heterocycles. The molecule has 1 aromatic carbocycles. The standard InChI is InChI=1S/C18H23FN4O2S/c1-11(2)9-23-13(4)12(3)20-18(23)26-10-16(24)21-22-17(25)14-5-7-15(19)8-6-14/h5-8,11H,9-10H2,1-4H3,(H,21,24)(H,22,25). The summed E-state index contributed by atoms with van der Waals surface area (Å²) in [6.45, 7) is 9.04. The minimum atomic E-state index is -0.503. The number of aromatic nitrogens is 2. The predicted octanol–water partition coefficient (Wildman–Crippen LogP) is 2.85. The highest BCUT2D eigenvalue weighted by atomic mass is 32.2. The van der Waals surface area contributed by atoms with Crippen molar-refractivity contribution in [3.63, 3.8) is 0 Å². The fourth-order valence-electron chi connectivity index (χ4n) is 2.28. The summed E-state index contributed by atoms with van der Waals surface area (Å²) in [6, 6.07) is 5.07. The molecular weight excluding hydrogens is 355 g/mol. The topological polar surface area (TPSA) is 76.0 Å². The van der Waals surface area contributed by atoms with Crippen LogP contribution in [0.2, 0.25) is 0 Å². The summed E-state index contributed by atoms with van der Waals surface area (Å²) in [5.74, 6) is -0.691. The van der Waals surface area contributed by atoms with E-state index < -0.39 is 11.7 Å². The van der Waals surface area contributed by atoms with Crippen molar-refractivity contribution >= 4 is 23.6 Å². The Hall–Kier alpha value is -2.35. The van der Waals surface area contributed by atoms with Crippen LogP contribution in [0.3, 0.4) is 0 Å². The number of nitrogens with zero attached hydrogens (tertiary/aromatic N) is 2. The molecule has 6 nitrogen and oxygen atoms in total. The highest BCUT2D eigenvalue weighted by Crippen LogP contribution is 2.22. The first-order valence-electron chi connectivity index (χ1n) is 8.29. The molecule has 2 aromatic rings. The Bertz CT molecular complexity index is 787. The molecule has 2 amide bonds. The van der Waals surface area contributed by atoms with Gasteiger partial charge in [0, 0.05) is 17.8 Å². The van der Waals surface area contributed by atoms with Crippen molar-refractivity contribution in [3.8, 4) is 0 Å². The molecule has 0 atom stereocenters. The van der Waals surface area contributed by atoms with Crippen LogP contribution in [0.4, 0.5) is 4.39 Å². The van der Waals surface area contributed by atoms with Crippen molar-refractivity contribution in [2.45, 2.75) is 39.4 Å². The van der Waals surface area contributed by atoms with E-state index in [9.17, 15) is 14.0 Å². The smallest absolute Gasteiger partial charge is 0.269 e. The van der Waals surface area contributed by atoms with E-state index >= 15 is 0 Å². The van der Waals surface area contributed by atoms with Gasteiger partial charge in [0.1, 0.15) is 5.82 Å². The second-order valence-corrected chi connectivity index (χ2v) is 7.31. The van der Waals surface area contributed by atoms with E-state index in [1.807, 2.05) is 13.8 Å². The van der Waals surface area contributed by atoms with Gasteiger partial charge >= 0.3 is 0 Å². The minimum absolute atomic E-state index is 0.123. The zero-order chi connectivity index (χ0) is 19.3. The van der Waals surface area contributed by atoms with Gasteiger partial charge in [-0.1, -0.05) is 25.6 Å². The van der Waals surface area contributed by atoms with Crippen molar-refractivity contribution in [1.29, 1.82) is 0 Å². The van der Waals surface area contributed by atoms with Crippen LogP contribution in [0.15, 0.2) is 29.4 Å². The van der Waals surface area contributed by atoms with Gasteiger partial charge in [-0.2, -0.15) is 0 Å². The molecule has 0 spiro atoms. The predicted molar refractivity (Wildman–Crippen MR) is 99.3 cm³/mol. The average molecular weight is 378 g/mol. The van der Waals surface area contributed by atoms with Gasteiger partial charge in [0.15, 0.2) is 5.16 Å². The van der Waals surface area contributed by atoms with E-state index in [0.29, 0.717) is 5.92 Å². The molecule has 26 heavy (non-hydrogen) atoms. The number of hydrazine groups is 1. The van der Waals surface area contributed by atoms with Crippen LogP contribution in [0, 0.1) is 25.6 Å². The molecule has 8 heteroatoms. The Morgan fingerprint density at radius 3 is 2.46 bits per heavy atom. The van der Waals surface area contributed by atoms with Gasteiger partial charge in [0.2, 0.25) is 5.91 Å². The number of carbonyl (C=O) groups excluding carboxylic acids is 2. The van der Waals surface area contributed by atoms with E-state index in [4.69, 9.17) is 0 Å². The Morgan fingerprint density at radius 1 is 1.19 bits per heavy atom. The summed E-state index contributed by atoms with van der Waals surface area (Å²) < 4.78 is 15.0. The van der Waals surface area contributed by atoms with E-state index in [2.05, 4.69) is 34.3 Å². The van der Waals surface area contributed by atoms with Gasteiger partial charge in [-0.05, 0) is 44.0 Å². The molecule has 140 valence electrons. The van der Waals surface area contributed by atoms with Gasteiger partial charge in [-0.25, -0.2) is 9.37 Å². The highest BCUT2D eigenvalue weighted by Gasteiger charge is 2.15.